The highest BCUT2D eigenvalue weighted by atomic mass is 79.9. The first-order valence-corrected chi connectivity index (χ1v) is 7.52. The molecule has 1 aliphatic heterocycles. The van der Waals surface area contributed by atoms with Gasteiger partial charge in [-0.15, -0.1) is 0 Å². The van der Waals surface area contributed by atoms with Crippen LogP contribution < -0.4 is 4.74 Å². The summed E-state index contributed by atoms with van der Waals surface area (Å²) < 4.78 is 19.9. The normalized spacial score (nSPS) is 16.2. The van der Waals surface area contributed by atoms with Gasteiger partial charge in [-0.1, -0.05) is 15.9 Å². The van der Waals surface area contributed by atoms with Crippen LogP contribution in [0, 0.1) is 5.82 Å². The number of aliphatic hydroxyl groups is 1. The second kappa shape index (κ2) is 5.39. The zero-order valence-corrected chi connectivity index (χ0v) is 13.2. The van der Waals surface area contributed by atoms with Gasteiger partial charge in [-0.3, -0.25) is 4.98 Å². The third-order valence-electron chi connectivity index (χ3n) is 3.69. The lowest BCUT2D eigenvalue weighted by molar-refractivity contribution is 0.0562. The van der Waals surface area contributed by atoms with Crippen molar-refractivity contribution < 1.29 is 14.2 Å². The van der Waals surface area contributed by atoms with Gasteiger partial charge in [0, 0.05) is 29.1 Å². The largest absolute Gasteiger partial charge is 0.493 e. The fourth-order valence-corrected chi connectivity index (χ4v) is 3.21. The van der Waals surface area contributed by atoms with Crippen molar-refractivity contribution in [1.29, 1.82) is 0 Å². The third-order valence-corrected chi connectivity index (χ3v) is 4.14. The Labute approximate surface area is 130 Å². The molecule has 0 saturated heterocycles. The van der Waals surface area contributed by atoms with E-state index in [1.54, 1.807) is 6.92 Å². The van der Waals surface area contributed by atoms with Crippen molar-refractivity contribution in [2.45, 2.75) is 25.4 Å². The maximum Gasteiger partial charge on any atom is 0.141 e. The van der Waals surface area contributed by atoms with E-state index in [9.17, 15) is 9.50 Å². The molecule has 3 rings (SSSR count). The Kier molecular flexibility index (Phi) is 3.71. The van der Waals surface area contributed by atoms with Crippen LogP contribution in [0.4, 0.5) is 4.39 Å². The highest BCUT2D eigenvalue weighted by Gasteiger charge is 2.28. The van der Waals surface area contributed by atoms with Crippen LogP contribution in [0.1, 0.15) is 23.6 Å². The Morgan fingerprint density at radius 1 is 1.38 bits per heavy atom. The van der Waals surface area contributed by atoms with Crippen LogP contribution in [0.15, 0.2) is 35.1 Å². The van der Waals surface area contributed by atoms with Gasteiger partial charge in [0.15, 0.2) is 0 Å². The van der Waals surface area contributed by atoms with Crippen LogP contribution >= 0.6 is 15.9 Å². The summed E-state index contributed by atoms with van der Waals surface area (Å²) >= 11 is 3.48. The molecular formula is C16H15BrFNO2. The van der Waals surface area contributed by atoms with E-state index in [2.05, 4.69) is 20.9 Å². The third kappa shape index (κ3) is 2.94. The van der Waals surface area contributed by atoms with Gasteiger partial charge in [0.05, 0.1) is 18.4 Å². The minimum atomic E-state index is -1.21. The van der Waals surface area contributed by atoms with Crippen molar-refractivity contribution in [2.75, 3.05) is 6.61 Å². The minimum Gasteiger partial charge on any atom is -0.493 e. The van der Waals surface area contributed by atoms with E-state index in [0.717, 1.165) is 34.0 Å². The highest BCUT2D eigenvalue weighted by Crippen LogP contribution is 2.37. The van der Waals surface area contributed by atoms with Crippen LogP contribution in [0.5, 0.6) is 5.75 Å². The average molecular weight is 352 g/mol. The van der Waals surface area contributed by atoms with Crippen LogP contribution in [0.2, 0.25) is 0 Å². The highest BCUT2D eigenvalue weighted by molar-refractivity contribution is 9.10. The Morgan fingerprint density at radius 2 is 2.19 bits per heavy atom. The Bertz CT molecular complexity index is 688. The molecule has 0 saturated carbocycles. The van der Waals surface area contributed by atoms with E-state index in [0.29, 0.717) is 18.6 Å². The summed E-state index contributed by atoms with van der Waals surface area (Å²) in [5.41, 5.74) is 1.28. The number of pyridine rings is 1. The predicted molar refractivity (Wildman–Crippen MR) is 80.8 cm³/mol. The molecule has 3 nitrogen and oxygen atoms in total. The van der Waals surface area contributed by atoms with Crippen LogP contribution in [-0.2, 0) is 18.4 Å². The summed E-state index contributed by atoms with van der Waals surface area (Å²) in [6.07, 6.45) is 3.81. The minimum absolute atomic E-state index is 0.333. The van der Waals surface area contributed by atoms with Gasteiger partial charge in [0.25, 0.3) is 0 Å². The van der Waals surface area contributed by atoms with Gasteiger partial charge in [0.1, 0.15) is 11.6 Å². The van der Waals surface area contributed by atoms with Gasteiger partial charge >= 0.3 is 0 Å². The van der Waals surface area contributed by atoms with Gasteiger partial charge < -0.3 is 9.84 Å². The van der Waals surface area contributed by atoms with E-state index >= 15 is 0 Å². The number of hydrogen-bond acceptors (Lipinski definition) is 3. The number of fused-ring (bicyclic) bond motifs is 1. The monoisotopic (exact) mass is 351 g/mol. The SMILES string of the molecule is CC(O)(Cc1cc(Br)cc2c1OCC2)c1cncc(F)c1. The Hall–Kier alpha value is -1.46. The van der Waals surface area contributed by atoms with Crippen LogP contribution in [-0.4, -0.2) is 16.7 Å². The van der Waals surface area contributed by atoms with Gasteiger partial charge in [-0.2, -0.15) is 0 Å². The molecule has 0 bridgehead atoms. The molecule has 0 spiro atoms. The Morgan fingerprint density at radius 3 is 2.95 bits per heavy atom. The maximum absolute atomic E-state index is 13.3. The van der Waals surface area contributed by atoms with Crippen molar-refractivity contribution >= 4 is 15.9 Å². The molecule has 5 heteroatoms. The van der Waals surface area contributed by atoms with Crippen LogP contribution in [0.25, 0.3) is 0 Å². The summed E-state index contributed by atoms with van der Waals surface area (Å²) in [6, 6.07) is 5.28. The van der Waals surface area contributed by atoms with Crippen LogP contribution in [0.3, 0.4) is 0 Å². The molecule has 1 unspecified atom stereocenters. The van der Waals surface area contributed by atoms with Crippen molar-refractivity contribution in [3.05, 3.63) is 57.6 Å². The zero-order chi connectivity index (χ0) is 15.0. The molecule has 1 N–H and O–H groups in total. The van der Waals surface area contributed by atoms with E-state index < -0.39 is 11.4 Å². The first-order valence-electron chi connectivity index (χ1n) is 6.73. The molecule has 1 aromatic heterocycles. The molecule has 2 heterocycles. The number of nitrogens with zero attached hydrogens (tertiary/aromatic N) is 1. The van der Waals surface area contributed by atoms with Gasteiger partial charge in [-0.05, 0) is 36.2 Å². The van der Waals surface area contributed by atoms with Crippen molar-refractivity contribution in [2.24, 2.45) is 0 Å². The molecular weight excluding hydrogens is 337 g/mol. The number of halogens is 2. The van der Waals surface area contributed by atoms with Crippen molar-refractivity contribution in [3.63, 3.8) is 0 Å². The fourth-order valence-electron chi connectivity index (χ4n) is 2.66. The zero-order valence-electron chi connectivity index (χ0n) is 11.6. The molecule has 110 valence electrons. The van der Waals surface area contributed by atoms with Crippen molar-refractivity contribution in [3.8, 4) is 5.75 Å². The number of rotatable bonds is 3. The lowest BCUT2D eigenvalue weighted by atomic mass is 9.89. The summed E-state index contributed by atoms with van der Waals surface area (Å²) in [4.78, 5) is 3.81. The number of aromatic nitrogens is 1. The van der Waals surface area contributed by atoms with Gasteiger partial charge in [-0.25, -0.2) is 4.39 Å². The standard InChI is InChI=1S/C16H15BrFNO2/c1-16(20,12-6-14(18)9-19-8-12)7-11-5-13(17)4-10-2-3-21-15(10)11/h4-6,8-9,20H,2-3,7H2,1H3. The molecule has 1 aromatic carbocycles. The molecule has 2 aromatic rings. The first kappa shape index (κ1) is 14.5. The molecule has 0 aliphatic carbocycles. The van der Waals surface area contributed by atoms with Gasteiger partial charge in [0.2, 0.25) is 0 Å². The quantitative estimate of drug-likeness (QED) is 0.921. The maximum atomic E-state index is 13.3. The second-order valence-corrected chi connectivity index (χ2v) is 6.41. The lowest BCUT2D eigenvalue weighted by Crippen LogP contribution is -2.25. The second-order valence-electron chi connectivity index (χ2n) is 5.49. The molecule has 21 heavy (non-hydrogen) atoms. The molecule has 1 atom stereocenters. The first-order chi connectivity index (χ1) is 9.95. The number of benzene rings is 1. The average Bonchev–Trinajstić information content (AvgIpc) is 2.86. The lowest BCUT2D eigenvalue weighted by Gasteiger charge is -2.24. The predicted octanol–water partition coefficient (Wildman–Crippen LogP) is 3.37. The Balaban J connectivity index is 1.96. The summed E-state index contributed by atoms with van der Waals surface area (Å²) in [5, 5.41) is 10.7. The number of hydrogen-bond donors (Lipinski definition) is 1. The molecule has 1 aliphatic rings. The van der Waals surface area contributed by atoms with E-state index in [1.165, 1.54) is 12.3 Å². The summed E-state index contributed by atoms with van der Waals surface area (Å²) in [5.74, 6) is 0.381. The summed E-state index contributed by atoms with van der Waals surface area (Å²) in [7, 11) is 0. The molecule has 0 fully saturated rings. The fraction of sp³-hybridized carbons (Fsp3) is 0.312. The molecule has 0 amide bonds. The van der Waals surface area contributed by atoms with Crippen molar-refractivity contribution in [1.82, 2.24) is 4.98 Å². The van der Waals surface area contributed by atoms with E-state index in [-0.39, 0.29) is 0 Å². The van der Waals surface area contributed by atoms with E-state index in [4.69, 9.17) is 4.74 Å². The van der Waals surface area contributed by atoms with E-state index in [1.807, 2.05) is 12.1 Å². The number of ether oxygens (including phenoxy) is 1. The summed E-state index contributed by atoms with van der Waals surface area (Å²) in [6.45, 7) is 2.31. The smallest absolute Gasteiger partial charge is 0.141 e. The molecule has 0 radical (unpaired) electrons. The topological polar surface area (TPSA) is 42.4 Å².